The number of nitrogens with zero attached hydrogens (tertiary/aromatic N) is 2. The first-order valence-electron chi connectivity index (χ1n) is 8.39. The van der Waals surface area contributed by atoms with E-state index in [4.69, 9.17) is 4.74 Å². The number of ether oxygens (including phenoxy) is 1. The predicted octanol–water partition coefficient (Wildman–Crippen LogP) is 4.20. The molecule has 0 radical (unpaired) electrons. The number of thioether (sulfide) groups is 1. The fourth-order valence-electron chi connectivity index (χ4n) is 2.86. The zero-order valence-electron chi connectivity index (χ0n) is 14.7. The molecule has 1 amide bonds. The third-order valence-corrected chi connectivity index (χ3v) is 5.44. The van der Waals surface area contributed by atoms with Crippen LogP contribution in [-0.2, 0) is 4.79 Å². The van der Waals surface area contributed by atoms with Gasteiger partial charge < -0.3 is 9.64 Å². The molecule has 0 bridgehead atoms. The van der Waals surface area contributed by atoms with E-state index in [-0.39, 0.29) is 24.0 Å². The van der Waals surface area contributed by atoms with Crippen LogP contribution in [-0.4, -0.2) is 29.2 Å². The molecular weight excluding hydrogens is 352 g/mol. The minimum Gasteiger partial charge on any atom is -0.477 e. The van der Waals surface area contributed by atoms with Crippen molar-refractivity contribution in [3.8, 4) is 5.75 Å². The quantitative estimate of drug-likeness (QED) is 0.594. The Balaban J connectivity index is 1.78. The average Bonchev–Trinajstić information content (AvgIpc) is 2.78. The highest BCUT2D eigenvalue weighted by Gasteiger charge is 2.25. The molecule has 3 rings (SSSR count). The van der Waals surface area contributed by atoms with Crippen LogP contribution in [0.3, 0.4) is 0 Å². The Morgan fingerprint density at radius 1 is 1.35 bits per heavy atom. The first-order valence-corrected chi connectivity index (χ1v) is 9.27. The molecular formula is C19H20N2O4S. The summed E-state index contributed by atoms with van der Waals surface area (Å²) in [7, 11) is 0. The van der Waals surface area contributed by atoms with Gasteiger partial charge in [-0.2, -0.15) is 0 Å². The lowest BCUT2D eigenvalue weighted by Crippen LogP contribution is -2.36. The van der Waals surface area contributed by atoms with Crippen LogP contribution in [0.2, 0.25) is 0 Å². The van der Waals surface area contributed by atoms with E-state index >= 15 is 0 Å². The van der Waals surface area contributed by atoms with E-state index in [1.807, 2.05) is 24.3 Å². The van der Waals surface area contributed by atoms with Gasteiger partial charge in [-0.15, -0.1) is 11.8 Å². The molecule has 1 aliphatic heterocycles. The molecule has 0 saturated carbocycles. The van der Waals surface area contributed by atoms with Gasteiger partial charge in [-0.1, -0.05) is 25.1 Å². The lowest BCUT2D eigenvalue weighted by Gasteiger charge is -2.22. The molecule has 0 spiro atoms. The highest BCUT2D eigenvalue weighted by Crippen LogP contribution is 2.37. The SMILES string of the molecule is Cc1ccc(OCC(=O)N2CC[C@H](C)Sc3ccccc32)c([N+](=O)[O-])c1. The second-order valence-electron chi connectivity index (χ2n) is 6.25. The first-order chi connectivity index (χ1) is 12.5. The molecule has 136 valence electrons. The largest absolute Gasteiger partial charge is 0.477 e. The molecule has 1 aliphatic rings. The van der Waals surface area contributed by atoms with Gasteiger partial charge in [0.15, 0.2) is 12.4 Å². The van der Waals surface area contributed by atoms with Crippen LogP contribution in [0.1, 0.15) is 18.9 Å². The normalized spacial score (nSPS) is 16.5. The van der Waals surface area contributed by atoms with Crippen molar-refractivity contribution >= 4 is 29.0 Å². The van der Waals surface area contributed by atoms with Crippen molar-refractivity contribution in [3.63, 3.8) is 0 Å². The number of aryl methyl sites for hydroxylation is 1. The van der Waals surface area contributed by atoms with E-state index in [2.05, 4.69) is 6.92 Å². The minimum absolute atomic E-state index is 0.111. The summed E-state index contributed by atoms with van der Waals surface area (Å²) >= 11 is 1.75. The van der Waals surface area contributed by atoms with E-state index in [1.54, 1.807) is 29.7 Å². The van der Waals surface area contributed by atoms with Crippen molar-refractivity contribution in [2.45, 2.75) is 30.4 Å². The Hall–Kier alpha value is -2.54. The molecule has 0 N–H and O–H groups in total. The summed E-state index contributed by atoms with van der Waals surface area (Å²) in [5.41, 5.74) is 1.51. The van der Waals surface area contributed by atoms with Crippen molar-refractivity contribution in [3.05, 3.63) is 58.1 Å². The van der Waals surface area contributed by atoms with Gasteiger partial charge in [0.2, 0.25) is 0 Å². The Morgan fingerprint density at radius 3 is 2.88 bits per heavy atom. The zero-order valence-corrected chi connectivity index (χ0v) is 15.5. The van der Waals surface area contributed by atoms with E-state index in [1.165, 1.54) is 12.1 Å². The van der Waals surface area contributed by atoms with Crippen LogP contribution < -0.4 is 9.64 Å². The third kappa shape index (κ3) is 3.99. The summed E-state index contributed by atoms with van der Waals surface area (Å²) in [5.74, 6) is -0.0955. The van der Waals surface area contributed by atoms with Crippen LogP contribution >= 0.6 is 11.8 Å². The molecule has 0 unspecified atom stereocenters. The van der Waals surface area contributed by atoms with E-state index in [0.29, 0.717) is 11.8 Å². The summed E-state index contributed by atoms with van der Waals surface area (Å²) in [6.45, 7) is 4.27. The molecule has 7 heteroatoms. The third-order valence-electron chi connectivity index (χ3n) is 4.21. The number of carbonyl (C=O) groups is 1. The number of benzene rings is 2. The monoisotopic (exact) mass is 372 g/mol. The maximum Gasteiger partial charge on any atom is 0.311 e. The van der Waals surface area contributed by atoms with Crippen LogP contribution in [0.15, 0.2) is 47.4 Å². The number of nitro groups is 1. The maximum atomic E-state index is 12.8. The molecule has 2 aromatic carbocycles. The average molecular weight is 372 g/mol. The lowest BCUT2D eigenvalue weighted by atomic mass is 10.2. The number of nitro benzene ring substituents is 1. The molecule has 0 aliphatic carbocycles. The van der Waals surface area contributed by atoms with Crippen molar-refractivity contribution < 1.29 is 14.5 Å². The Bertz CT molecular complexity index is 840. The fraction of sp³-hybridized carbons (Fsp3) is 0.316. The predicted molar refractivity (Wildman–Crippen MR) is 102 cm³/mol. The second kappa shape index (κ2) is 7.78. The number of amides is 1. The van der Waals surface area contributed by atoms with Crippen LogP contribution in [0.25, 0.3) is 0 Å². The Morgan fingerprint density at radius 2 is 2.12 bits per heavy atom. The summed E-state index contributed by atoms with van der Waals surface area (Å²) in [6, 6.07) is 12.5. The van der Waals surface area contributed by atoms with Gasteiger partial charge in [0.05, 0.1) is 10.6 Å². The number of hydrogen-bond donors (Lipinski definition) is 0. The Kier molecular flexibility index (Phi) is 5.46. The molecule has 2 aromatic rings. The summed E-state index contributed by atoms with van der Waals surface area (Å²) in [4.78, 5) is 26.2. The van der Waals surface area contributed by atoms with Crippen molar-refractivity contribution in [1.29, 1.82) is 0 Å². The zero-order chi connectivity index (χ0) is 18.7. The minimum atomic E-state index is -0.494. The standard InChI is InChI=1S/C19H20N2O4S/c1-13-7-8-17(16(11-13)21(23)24)25-12-19(22)20-10-9-14(2)26-18-6-4-3-5-15(18)20/h3-8,11,14H,9-10,12H2,1-2H3/t14-/m0/s1. The fourth-order valence-corrected chi connectivity index (χ4v) is 3.97. The van der Waals surface area contributed by atoms with Gasteiger partial charge in [0, 0.05) is 22.8 Å². The number of hydrogen-bond acceptors (Lipinski definition) is 5. The van der Waals surface area contributed by atoms with Crippen molar-refractivity contribution in [2.24, 2.45) is 0 Å². The Labute approximate surface area is 156 Å². The molecule has 6 nitrogen and oxygen atoms in total. The second-order valence-corrected chi connectivity index (χ2v) is 7.73. The number of rotatable bonds is 4. The molecule has 1 heterocycles. The van der Waals surface area contributed by atoms with E-state index < -0.39 is 4.92 Å². The van der Waals surface area contributed by atoms with Crippen molar-refractivity contribution in [1.82, 2.24) is 0 Å². The van der Waals surface area contributed by atoms with Crippen molar-refractivity contribution in [2.75, 3.05) is 18.1 Å². The van der Waals surface area contributed by atoms with Crippen LogP contribution in [0.4, 0.5) is 11.4 Å². The topological polar surface area (TPSA) is 72.7 Å². The molecule has 0 fully saturated rings. The van der Waals surface area contributed by atoms with Gasteiger partial charge in [0.25, 0.3) is 5.91 Å². The first kappa shape index (κ1) is 18.3. The molecule has 26 heavy (non-hydrogen) atoms. The maximum absolute atomic E-state index is 12.8. The molecule has 0 saturated heterocycles. The van der Waals surface area contributed by atoms with Gasteiger partial charge in [0.1, 0.15) is 0 Å². The number of para-hydroxylation sites is 1. The van der Waals surface area contributed by atoms with Crippen LogP contribution in [0, 0.1) is 17.0 Å². The summed E-state index contributed by atoms with van der Waals surface area (Å²) in [5, 5.41) is 11.6. The van der Waals surface area contributed by atoms with Gasteiger partial charge in [-0.05, 0) is 37.1 Å². The lowest BCUT2D eigenvalue weighted by molar-refractivity contribution is -0.385. The van der Waals surface area contributed by atoms with Gasteiger partial charge >= 0.3 is 5.69 Å². The molecule has 1 atom stereocenters. The van der Waals surface area contributed by atoms with E-state index in [9.17, 15) is 14.9 Å². The number of anilines is 1. The number of fused-ring (bicyclic) bond motifs is 1. The van der Waals surface area contributed by atoms with Crippen LogP contribution in [0.5, 0.6) is 5.75 Å². The smallest absolute Gasteiger partial charge is 0.311 e. The highest BCUT2D eigenvalue weighted by atomic mass is 32.2. The summed E-state index contributed by atoms with van der Waals surface area (Å²) < 4.78 is 5.51. The molecule has 0 aromatic heterocycles. The highest BCUT2D eigenvalue weighted by molar-refractivity contribution is 8.00. The summed E-state index contributed by atoms with van der Waals surface area (Å²) in [6.07, 6.45) is 0.871. The number of carbonyl (C=O) groups excluding carboxylic acids is 1. The van der Waals surface area contributed by atoms with Gasteiger partial charge in [-0.25, -0.2) is 0 Å². The van der Waals surface area contributed by atoms with E-state index in [0.717, 1.165) is 22.6 Å². The van der Waals surface area contributed by atoms with Gasteiger partial charge in [-0.3, -0.25) is 14.9 Å².